The normalized spacial score (nSPS) is 10.3. The Kier molecular flexibility index (Phi) is 4.32. The van der Waals surface area contributed by atoms with Crippen LogP contribution in [0, 0.1) is 0 Å². The van der Waals surface area contributed by atoms with Crippen molar-refractivity contribution in [1.82, 2.24) is 4.98 Å². The molecule has 0 saturated carbocycles. The van der Waals surface area contributed by atoms with Crippen molar-refractivity contribution in [2.24, 2.45) is 0 Å². The SMILES string of the molecule is CCCN[SiH](O)O. The van der Waals surface area contributed by atoms with Crippen molar-refractivity contribution in [1.29, 1.82) is 0 Å². The largest absolute Gasteiger partial charge is 0.402 e. The van der Waals surface area contributed by atoms with E-state index in [-0.39, 0.29) is 0 Å². The van der Waals surface area contributed by atoms with Crippen molar-refractivity contribution in [2.45, 2.75) is 13.3 Å². The molecule has 0 aromatic rings. The molecule has 0 atom stereocenters. The summed E-state index contributed by atoms with van der Waals surface area (Å²) in [6, 6.07) is 0. The highest BCUT2D eigenvalue weighted by molar-refractivity contribution is 6.37. The predicted molar refractivity (Wildman–Crippen MR) is 29.9 cm³/mol. The van der Waals surface area contributed by atoms with Crippen molar-refractivity contribution in [2.75, 3.05) is 6.54 Å². The Hall–Kier alpha value is 0.0969. The van der Waals surface area contributed by atoms with Gasteiger partial charge in [-0.1, -0.05) is 6.92 Å². The van der Waals surface area contributed by atoms with Crippen molar-refractivity contribution in [3.05, 3.63) is 0 Å². The number of nitrogens with one attached hydrogen (secondary N) is 1. The molecule has 0 aliphatic heterocycles. The van der Waals surface area contributed by atoms with Gasteiger partial charge >= 0.3 is 9.45 Å². The Labute approximate surface area is 44.9 Å². The summed E-state index contributed by atoms with van der Waals surface area (Å²) in [6.07, 6.45) is 0.949. The Bertz CT molecular complexity index is 41.9. The first kappa shape index (κ1) is 7.10. The molecule has 0 fully saturated rings. The summed E-state index contributed by atoms with van der Waals surface area (Å²) in [5, 5.41) is 0. The molecule has 0 aromatic heterocycles. The molecule has 44 valence electrons. The monoisotopic (exact) mass is 121 g/mol. The van der Waals surface area contributed by atoms with Crippen LogP contribution >= 0.6 is 0 Å². The van der Waals surface area contributed by atoms with Crippen LogP contribution in [0.2, 0.25) is 0 Å². The molecule has 3 N–H and O–H groups in total. The first-order valence-electron chi connectivity index (χ1n) is 2.37. The summed E-state index contributed by atoms with van der Waals surface area (Å²) in [5.74, 6) is 0. The van der Waals surface area contributed by atoms with E-state index in [0.717, 1.165) is 6.42 Å². The summed E-state index contributed by atoms with van der Waals surface area (Å²) >= 11 is 0. The molecule has 0 radical (unpaired) electrons. The number of hydrogen-bond donors (Lipinski definition) is 3. The van der Waals surface area contributed by atoms with Crippen LogP contribution in [0.5, 0.6) is 0 Å². The first-order chi connectivity index (χ1) is 3.27. The highest BCUT2D eigenvalue weighted by atomic mass is 28.3. The Balaban J connectivity index is 2.68. The highest BCUT2D eigenvalue weighted by Gasteiger charge is 1.95. The summed E-state index contributed by atoms with van der Waals surface area (Å²) < 4.78 is 0. The third-order valence-corrected chi connectivity index (χ3v) is 1.23. The fourth-order valence-electron chi connectivity index (χ4n) is 0.273. The molecule has 0 amide bonds. The average Bonchev–Trinajstić information content (AvgIpc) is 1.61. The first-order valence-corrected chi connectivity index (χ1v) is 3.98. The minimum Gasteiger partial charge on any atom is -0.401 e. The van der Waals surface area contributed by atoms with E-state index in [2.05, 4.69) is 4.98 Å². The molecule has 0 aliphatic rings. The van der Waals surface area contributed by atoms with Gasteiger partial charge in [0.05, 0.1) is 0 Å². The van der Waals surface area contributed by atoms with Gasteiger partial charge in [0.25, 0.3) is 0 Å². The molecule has 0 spiro atoms. The smallest absolute Gasteiger partial charge is 0.401 e. The molecule has 0 saturated heterocycles. The van der Waals surface area contributed by atoms with Gasteiger partial charge in [-0.2, -0.15) is 0 Å². The van der Waals surface area contributed by atoms with Crippen LogP contribution in [0.4, 0.5) is 0 Å². The van der Waals surface area contributed by atoms with Crippen LogP contribution in [-0.4, -0.2) is 25.6 Å². The van der Waals surface area contributed by atoms with Gasteiger partial charge < -0.3 is 9.59 Å². The van der Waals surface area contributed by atoms with Crippen molar-refractivity contribution in [3.63, 3.8) is 0 Å². The lowest BCUT2D eigenvalue weighted by Crippen LogP contribution is -2.34. The fraction of sp³-hybridized carbons (Fsp3) is 1.00. The molecule has 0 aromatic carbocycles. The summed E-state index contributed by atoms with van der Waals surface area (Å²) in [6.45, 7) is 2.69. The van der Waals surface area contributed by atoms with E-state index in [9.17, 15) is 0 Å². The van der Waals surface area contributed by atoms with E-state index in [1.807, 2.05) is 6.92 Å². The van der Waals surface area contributed by atoms with E-state index in [0.29, 0.717) is 6.54 Å². The van der Waals surface area contributed by atoms with Crippen LogP contribution in [0.3, 0.4) is 0 Å². The zero-order valence-electron chi connectivity index (χ0n) is 4.39. The Morgan fingerprint density at radius 1 is 1.57 bits per heavy atom. The van der Waals surface area contributed by atoms with Crippen LogP contribution in [-0.2, 0) is 0 Å². The second-order valence-corrected chi connectivity index (χ2v) is 2.48. The molecule has 0 unspecified atom stereocenters. The maximum atomic E-state index is 8.27. The van der Waals surface area contributed by atoms with Gasteiger partial charge in [0, 0.05) is 0 Å². The molecule has 4 heteroatoms. The van der Waals surface area contributed by atoms with Gasteiger partial charge in [-0.15, -0.1) is 0 Å². The maximum Gasteiger partial charge on any atom is 0.402 e. The van der Waals surface area contributed by atoms with Crippen molar-refractivity contribution >= 4 is 9.45 Å². The van der Waals surface area contributed by atoms with Gasteiger partial charge in [0.1, 0.15) is 0 Å². The van der Waals surface area contributed by atoms with Gasteiger partial charge in [0.15, 0.2) is 0 Å². The van der Waals surface area contributed by atoms with Gasteiger partial charge in [-0.3, -0.25) is 4.98 Å². The molecular formula is C3H11NO2Si. The second kappa shape index (κ2) is 4.26. The minimum atomic E-state index is -2.44. The molecule has 7 heavy (non-hydrogen) atoms. The lowest BCUT2D eigenvalue weighted by atomic mass is 10.5. The Morgan fingerprint density at radius 2 is 2.14 bits per heavy atom. The molecule has 0 heterocycles. The van der Waals surface area contributed by atoms with Gasteiger partial charge in [-0.05, 0) is 13.0 Å². The van der Waals surface area contributed by atoms with E-state index in [1.54, 1.807) is 0 Å². The van der Waals surface area contributed by atoms with Crippen LogP contribution in [0.1, 0.15) is 13.3 Å². The van der Waals surface area contributed by atoms with E-state index >= 15 is 0 Å². The quantitative estimate of drug-likeness (QED) is 0.406. The van der Waals surface area contributed by atoms with Gasteiger partial charge in [0.2, 0.25) is 0 Å². The molecule has 3 nitrogen and oxygen atoms in total. The highest BCUT2D eigenvalue weighted by Crippen LogP contribution is 1.67. The van der Waals surface area contributed by atoms with Crippen molar-refractivity contribution < 1.29 is 9.59 Å². The second-order valence-electron chi connectivity index (χ2n) is 1.33. The topological polar surface area (TPSA) is 52.5 Å². The Morgan fingerprint density at radius 3 is 2.29 bits per heavy atom. The maximum absolute atomic E-state index is 8.27. The summed E-state index contributed by atoms with van der Waals surface area (Å²) in [5.41, 5.74) is 0. The molecule has 0 rings (SSSR count). The molecular weight excluding hydrogens is 110 g/mol. The molecule has 0 aliphatic carbocycles. The van der Waals surface area contributed by atoms with E-state index in [1.165, 1.54) is 0 Å². The van der Waals surface area contributed by atoms with Crippen molar-refractivity contribution in [3.8, 4) is 0 Å². The lowest BCUT2D eigenvalue weighted by molar-refractivity contribution is 0.386. The standard InChI is InChI=1S/C3H11NO2Si/c1-2-3-4-7(5)6/h4-7H,2-3H2,1H3. The minimum absolute atomic E-state index is 0.712. The predicted octanol–water partition coefficient (Wildman–Crippen LogP) is -1.31. The van der Waals surface area contributed by atoms with Crippen LogP contribution in [0.25, 0.3) is 0 Å². The lowest BCUT2D eigenvalue weighted by Gasteiger charge is -1.98. The van der Waals surface area contributed by atoms with Crippen LogP contribution in [0.15, 0.2) is 0 Å². The zero-order valence-corrected chi connectivity index (χ0v) is 5.54. The number of rotatable bonds is 3. The van der Waals surface area contributed by atoms with E-state index in [4.69, 9.17) is 9.59 Å². The number of hydrogen-bond acceptors (Lipinski definition) is 3. The third kappa shape index (κ3) is 6.10. The zero-order chi connectivity index (χ0) is 5.70. The molecule has 0 bridgehead atoms. The summed E-state index contributed by atoms with van der Waals surface area (Å²) in [4.78, 5) is 19.1. The van der Waals surface area contributed by atoms with Crippen LogP contribution < -0.4 is 4.98 Å². The van der Waals surface area contributed by atoms with E-state index < -0.39 is 9.45 Å². The third-order valence-electron chi connectivity index (χ3n) is 0.577. The summed E-state index contributed by atoms with van der Waals surface area (Å²) in [7, 11) is -2.44. The fourth-order valence-corrected chi connectivity index (χ4v) is 0.820. The average molecular weight is 121 g/mol. The van der Waals surface area contributed by atoms with Gasteiger partial charge in [-0.25, -0.2) is 0 Å².